The van der Waals surface area contributed by atoms with E-state index < -0.39 is 14.3 Å². The fraction of sp³-hybridized carbons (Fsp3) is 0.304. The van der Waals surface area contributed by atoms with Crippen LogP contribution in [0.1, 0.15) is 42.3 Å². The zero-order valence-electron chi connectivity index (χ0n) is 18.1. The number of carbonyl (C=O) groups excluding carboxylic acids is 2. The first-order valence-corrected chi connectivity index (χ1v) is 13.0. The van der Waals surface area contributed by atoms with Crippen molar-refractivity contribution in [2.75, 3.05) is 12.4 Å². The molecule has 158 valence electrons. The van der Waals surface area contributed by atoms with Crippen molar-refractivity contribution in [3.8, 4) is 5.75 Å². The fourth-order valence-electron chi connectivity index (χ4n) is 2.89. The number of ether oxygens (including phenoxy) is 1. The summed E-state index contributed by atoms with van der Waals surface area (Å²) in [5.74, 6) is 0.00225. The lowest BCUT2D eigenvalue weighted by atomic mass is 10.0. The third kappa shape index (κ3) is 4.15. The molecule has 0 spiro atoms. The molecule has 3 rings (SSSR count). The second-order valence-corrected chi connectivity index (χ2v) is 13.9. The Morgan fingerprint density at radius 2 is 1.63 bits per heavy atom. The van der Waals surface area contributed by atoms with Crippen molar-refractivity contribution in [1.29, 1.82) is 0 Å². The molecule has 0 radical (unpaired) electrons. The molecule has 0 aliphatic carbocycles. The summed E-state index contributed by atoms with van der Waals surface area (Å²) in [6, 6.07) is 12.3. The quantitative estimate of drug-likeness (QED) is 0.362. The number of methoxy groups -OCH3 is 1. The van der Waals surface area contributed by atoms with Crippen molar-refractivity contribution in [3.63, 3.8) is 0 Å². The molecule has 1 N–H and O–H groups in total. The van der Waals surface area contributed by atoms with Crippen molar-refractivity contribution in [3.05, 3.63) is 59.2 Å². The average molecular weight is 444 g/mol. The molecule has 0 atom stereocenters. The van der Waals surface area contributed by atoms with Gasteiger partial charge in [-0.1, -0.05) is 32.4 Å². The van der Waals surface area contributed by atoms with Gasteiger partial charge in [-0.15, -0.1) is 0 Å². The first kappa shape index (κ1) is 22.1. The lowest BCUT2D eigenvalue weighted by molar-refractivity contribution is -0.110. The Labute approximate surface area is 183 Å². The van der Waals surface area contributed by atoms with Crippen LogP contribution in [0.5, 0.6) is 5.75 Å². The molecule has 0 saturated carbocycles. The van der Waals surface area contributed by atoms with Crippen molar-refractivity contribution in [2.45, 2.75) is 38.9 Å². The van der Waals surface area contributed by atoms with E-state index in [2.05, 4.69) is 39.2 Å². The predicted octanol–water partition coefficient (Wildman–Crippen LogP) is 5.92. The monoisotopic (exact) mass is 443 g/mol. The Bertz CT molecular complexity index is 1040. The first-order chi connectivity index (χ1) is 13.9. The van der Waals surface area contributed by atoms with Gasteiger partial charge in [0.2, 0.25) is 8.32 Å². The maximum atomic E-state index is 12.6. The van der Waals surface area contributed by atoms with Gasteiger partial charge in [-0.25, -0.2) is 4.79 Å². The van der Waals surface area contributed by atoms with Gasteiger partial charge in [0.25, 0.3) is 5.91 Å². The summed E-state index contributed by atoms with van der Waals surface area (Å²) >= 11 is 6.63. The molecule has 5 nitrogen and oxygen atoms in total. The number of amides is 1. The SMILES string of the molecule is COC(=O)c1ccc2c(c1)/C(=C(/Cl)c1ccc(O[Si](C)(C)C(C)(C)C)cc1)C(=O)N2. The molecule has 0 aromatic heterocycles. The minimum Gasteiger partial charge on any atom is -0.544 e. The summed E-state index contributed by atoms with van der Waals surface area (Å²) in [5.41, 5.74) is 2.57. The molecule has 0 fully saturated rings. The molecular formula is C23H26ClNO4Si. The topological polar surface area (TPSA) is 64.6 Å². The van der Waals surface area contributed by atoms with Gasteiger partial charge in [0.05, 0.1) is 23.3 Å². The number of benzene rings is 2. The van der Waals surface area contributed by atoms with Crippen LogP contribution in [0.15, 0.2) is 42.5 Å². The number of fused-ring (bicyclic) bond motifs is 1. The fourth-order valence-corrected chi connectivity index (χ4v) is 4.24. The van der Waals surface area contributed by atoms with E-state index in [-0.39, 0.29) is 10.9 Å². The molecule has 2 aromatic rings. The van der Waals surface area contributed by atoms with Crippen LogP contribution in [0.3, 0.4) is 0 Å². The molecule has 0 unspecified atom stereocenters. The second kappa shape index (κ2) is 7.93. The molecule has 1 amide bonds. The highest BCUT2D eigenvalue weighted by molar-refractivity contribution is 6.74. The summed E-state index contributed by atoms with van der Waals surface area (Å²) in [7, 11) is -0.632. The third-order valence-corrected chi connectivity index (χ3v) is 10.5. The number of rotatable bonds is 4. The summed E-state index contributed by atoms with van der Waals surface area (Å²) < 4.78 is 11.1. The van der Waals surface area contributed by atoms with Gasteiger partial charge in [0.15, 0.2) is 0 Å². The van der Waals surface area contributed by atoms with E-state index in [9.17, 15) is 9.59 Å². The summed E-state index contributed by atoms with van der Waals surface area (Å²) in [5, 5.41) is 3.19. The van der Waals surface area contributed by atoms with Crippen molar-refractivity contribution in [2.24, 2.45) is 0 Å². The van der Waals surface area contributed by atoms with E-state index in [4.69, 9.17) is 20.8 Å². The van der Waals surface area contributed by atoms with E-state index in [0.717, 1.165) is 5.75 Å². The third-order valence-electron chi connectivity index (χ3n) is 5.69. The molecular weight excluding hydrogens is 418 g/mol. The molecule has 0 saturated heterocycles. The average Bonchev–Trinajstić information content (AvgIpc) is 3.01. The Hall–Kier alpha value is -2.57. The molecule has 2 aromatic carbocycles. The predicted molar refractivity (Wildman–Crippen MR) is 123 cm³/mol. The minimum atomic E-state index is -1.95. The number of hydrogen-bond acceptors (Lipinski definition) is 4. The van der Waals surface area contributed by atoms with E-state index in [1.165, 1.54) is 7.11 Å². The number of carbonyl (C=O) groups is 2. The highest BCUT2D eigenvalue weighted by atomic mass is 35.5. The molecule has 1 heterocycles. The lowest BCUT2D eigenvalue weighted by Gasteiger charge is -2.36. The Kier molecular flexibility index (Phi) is 5.84. The number of esters is 1. The van der Waals surface area contributed by atoms with Crippen LogP contribution in [-0.4, -0.2) is 27.3 Å². The van der Waals surface area contributed by atoms with Crippen LogP contribution in [0, 0.1) is 0 Å². The number of anilines is 1. The van der Waals surface area contributed by atoms with Gasteiger partial charge in [-0.3, -0.25) is 4.79 Å². The van der Waals surface area contributed by atoms with Crippen molar-refractivity contribution >= 4 is 48.1 Å². The van der Waals surface area contributed by atoms with Gasteiger partial charge < -0.3 is 14.5 Å². The highest BCUT2D eigenvalue weighted by Gasteiger charge is 2.39. The summed E-state index contributed by atoms with van der Waals surface area (Å²) in [6.07, 6.45) is 0. The van der Waals surface area contributed by atoms with E-state index >= 15 is 0 Å². The van der Waals surface area contributed by atoms with Crippen LogP contribution >= 0.6 is 11.6 Å². The van der Waals surface area contributed by atoms with E-state index in [1.807, 2.05) is 24.3 Å². The Morgan fingerprint density at radius 3 is 2.20 bits per heavy atom. The van der Waals surface area contributed by atoms with Gasteiger partial charge in [0.1, 0.15) is 5.75 Å². The van der Waals surface area contributed by atoms with Gasteiger partial charge in [-0.2, -0.15) is 0 Å². The minimum absolute atomic E-state index is 0.0916. The van der Waals surface area contributed by atoms with Crippen LogP contribution < -0.4 is 9.74 Å². The van der Waals surface area contributed by atoms with Gasteiger partial charge in [0, 0.05) is 11.3 Å². The van der Waals surface area contributed by atoms with Crippen LogP contribution in [0.4, 0.5) is 5.69 Å². The maximum Gasteiger partial charge on any atom is 0.337 e. The first-order valence-electron chi connectivity index (χ1n) is 9.68. The number of hydrogen-bond donors (Lipinski definition) is 1. The molecule has 30 heavy (non-hydrogen) atoms. The van der Waals surface area contributed by atoms with E-state index in [0.29, 0.717) is 33.0 Å². The van der Waals surface area contributed by atoms with Crippen LogP contribution in [0.25, 0.3) is 10.6 Å². The molecule has 1 aliphatic heterocycles. The number of halogens is 1. The smallest absolute Gasteiger partial charge is 0.337 e. The van der Waals surface area contributed by atoms with E-state index in [1.54, 1.807) is 18.2 Å². The van der Waals surface area contributed by atoms with Gasteiger partial charge >= 0.3 is 5.97 Å². The summed E-state index contributed by atoms with van der Waals surface area (Å²) in [4.78, 5) is 24.4. The Balaban J connectivity index is 1.96. The largest absolute Gasteiger partial charge is 0.544 e. The normalized spacial score (nSPS) is 15.4. The highest BCUT2D eigenvalue weighted by Crippen LogP contribution is 2.40. The maximum absolute atomic E-state index is 12.6. The molecule has 7 heteroatoms. The second-order valence-electron chi connectivity index (χ2n) is 8.78. The van der Waals surface area contributed by atoms with Gasteiger partial charge in [-0.05, 0) is 66.2 Å². The van der Waals surface area contributed by atoms with Crippen LogP contribution in [-0.2, 0) is 9.53 Å². The standard InChI is InChI=1S/C23H26ClNO4Si/c1-23(2,3)30(5,6)29-16-10-7-14(8-11-16)20(24)19-17-13-15(22(27)28-4)9-12-18(17)25-21(19)26/h7-13H,1-6H3,(H,25,26)/b20-19-. The van der Waals surface area contributed by atoms with Crippen molar-refractivity contribution < 1.29 is 18.8 Å². The van der Waals surface area contributed by atoms with Crippen LogP contribution in [0.2, 0.25) is 18.1 Å². The summed E-state index contributed by atoms with van der Waals surface area (Å²) in [6.45, 7) is 10.9. The Morgan fingerprint density at radius 1 is 1.03 bits per heavy atom. The molecule has 0 bridgehead atoms. The molecule has 1 aliphatic rings. The lowest BCUT2D eigenvalue weighted by Crippen LogP contribution is -2.43. The van der Waals surface area contributed by atoms with Crippen molar-refractivity contribution in [1.82, 2.24) is 0 Å². The number of nitrogens with one attached hydrogen (secondary N) is 1. The zero-order valence-corrected chi connectivity index (χ0v) is 19.8. The zero-order chi connectivity index (χ0) is 22.3.